The van der Waals surface area contributed by atoms with E-state index in [1.165, 1.54) is 19.6 Å². The molecule has 4 rings (SSSR count). The van der Waals surface area contributed by atoms with Gasteiger partial charge in [0, 0.05) is 37.6 Å². The summed E-state index contributed by atoms with van der Waals surface area (Å²) in [5.41, 5.74) is 1.21. The number of rotatable bonds is 3. The normalized spacial score (nSPS) is 25.6. The lowest BCUT2D eigenvalue weighted by atomic mass is 9.97. The molecule has 7 nitrogen and oxygen atoms in total. The van der Waals surface area contributed by atoms with Crippen molar-refractivity contribution in [2.45, 2.75) is 25.8 Å². The third kappa shape index (κ3) is 2.75. The maximum atomic E-state index is 12.7. The molecule has 3 atom stereocenters. The smallest absolute Gasteiger partial charge is 0.274 e. The number of anilines is 1. The number of aromatic nitrogens is 1. The van der Waals surface area contributed by atoms with E-state index in [1.54, 1.807) is 12.3 Å². The van der Waals surface area contributed by atoms with Crippen molar-refractivity contribution >= 4 is 28.5 Å². The molecule has 2 bridgehead atoms. The molecule has 4 heterocycles. The molecule has 24 heavy (non-hydrogen) atoms. The van der Waals surface area contributed by atoms with Gasteiger partial charge in [0.2, 0.25) is 5.91 Å². The fraction of sp³-hybridized carbons (Fsp3) is 0.471. The first kappa shape index (κ1) is 15.1. The minimum Gasteiger partial charge on any atom is -0.460 e. The molecular formula is C17H20N4O3. The number of nitrogens with one attached hydrogen (secondary N) is 2. The number of carbonyl (C=O) groups is 2. The van der Waals surface area contributed by atoms with Gasteiger partial charge in [0.25, 0.3) is 5.91 Å². The first-order valence-electron chi connectivity index (χ1n) is 8.27. The summed E-state index contributed by atoms with van der Waals surface area (Å²) in [7, 11) is 0. The summed E-state index contributed by atoms with van der Waals surface area (Å²) in [6, 6.07) is 1.88. The lowest BCUT2D eigenvalue weighted by molar-refractivity contribution is -0.114. The van der Waals surface area contributed by atoms with Gasteiger partial charge in [-0.25, -0.2) is 4.98 Å². The van der Waals surface area contributed by atoms with Crippen LogP contribution in [0.25, 0.3) is 11.0 Å². The minimum absolute atomic E-state index is 0.153. The van der Waals surface area contributed by atoms with Crippen molar-refractivity contribution in [3.63, 3.8) is 0 Å². The molecule has 0 saturated carbocycles. The highest BCUT2D eigenvalue weighted by atomic mass is 16.3. The molecule has 0 spiro atoms. The van der Waals surface area contributed by atoms with Gasteiger partial charge >= 0.3 is 0 Å². The van der Waals surface area contributed by atoms with Crippen LogP contribution in [0.15, 0.2) is 22.9 Å². The Bertz CT molecular complexity index is 788. The highest BCUT2D eigenvalue weighted by molar-refractivity contribution is 6.08. The summed E-state index contributed by atoms with van der Waals surface area (Å²) in [4.78, 5) is 30.5. The van der Waals surface area contributed by atoms with Crippen LogP contribution in [0.2, 0.25) is 0 Å². The van der Waals surface area contributed by atoms with Crippen LogP contribution in [0.5, 0.6) is 0 Å². The van der Waals surface area contributed by atoms with E-state index in [2.05, 4.69) is 20.5 Å². The molecule has 0 radical (unpaired) electrons. The van der Waals surface area contributed by atoms with E-state index in [0.717, 1.165) is 26.1 Å². The number of fused-ring (bicyclic) bond motifs is 3. The van der Waals surface area contributed by atoms with Crippen LogP contribution in [-0.2, 0) is 4.79 Å². The molecule has 2 fully saturated rings. The second-order valence-corrected chi connectivity index (χ2v) is 6.69. The number of piperidine rings is 1. The zero-order chi connectivity index (χ0) is 16.7. The molecule has 0 aliphatic carbocycles. The predicted octanol–water partition coefficient (Wildman–Crippen LogP) is 1.61. The summed E-state index contributed by atoms with van der Waals surface area (Å²) in [6.45, 7) is 4.61. The molecule has 2 N–H and O–H groups in total. The molecule has 2 amide bonds. The number of amides is 2. The summed E-state index contributed by atoms with van der Waals surface area (Å²) in [6.07, 6.45) is 5.25. The quantitative estimate of drug-likeness (QED) is 0.894. The Labute approximate surface area is 139 Å². The highest BCUT2D eigenvalue weighted by Gasteiger charge is 2.33. The third-order valence-electron chi connectivity index (χ3n) is 4.82. The average Bonchev–Trinajstić information content (AvgIpc) is 3.10. The van der Waals surface area contributed by atoms with Crippen molar-refractivity contribution < 1.29 is 14.0 Å². The second-order valence-electron chi connectivity index (χ2n) is 6.69. The van der Waals surface area contributed by atoms with Gasteiger partial charge in [0.05, 0.1) is 5.69 Å². The predicted molar refractivity (Wildman–Crippen MR) is 88.7 cm³/mol. The van der Waals surface area contributed by atoms with E-state index >= 15 is 0 Å². The van der Waals surface area contributed by atoms with Crippen LogP contribution < -0.4 is 10.6 Å². The molecule has 2 saturated heterocycles. The highest BCUT2D eigenvalue weighted by Crippen LogP contribution is 2.29. The van der Waals surface area contributed by atoms with Crippen LogP contribution in [0.3, 0.4) is 0 Å². The van der Waals surface area contributed by atoms with Gasteiger partial charge in [-0.2, -0.15) is 0 Å². The van der Waals surface area contributed by atoms with Gasteiger partial charge in [-0.3, -0.25) is 9.59 Å². The van der Waals surface area contributed by atoms with E-state index in [-0.39, 0.29) is 23.6 Å². The van der Waals surface area contributed by atoms with Crippen molar-refractivity contribution in [3.8, 4) is 0 Å². The van der Waals surface area contributed by atoms with Gasteiger partial charge in [0.1, 0.15) is 6.26 Å². The maximum absolute atomic E-state index is 12.7. The van der Waals surface area contributed by atoms with Gasteiger partial charge in [0.15, 0.2) is 11.3 Å². The summed E-state index contributed by atoms with van der Waals surface area (Å²) < 4.78 is 5.50. The lowest BCUT2D eigenvalue weighted by Gasteiger charge is -2.30. The topological polar surface area (TPSA) is 87.5 Å². The van der Waals surface area contributed by atoms with E-state index in [9.17, 15) is 9.59 Å². The van der Waals surface area contributed by atoms with Crippen molar-refractivity contribution in [3.05, 3.63) is 24.2 Å². The zero-order valence-corrected chi connectivity index (χ0v) is 13.5. The van der Waals surface area contributed by atoms with Crippen LogP contribution >= 0.6 is 0 Å². The number of hydrogen-bond donors (Lipinski definition) is 2. The van der Waals surface area contributed by atoms with E-state index in [4.69, 9.17) is 4.42 Å². The van der Waals surface area contributed by atoms with Gasteiger partial charge < -0.3 is 20.0 Å². The molecule has 2 aromatic heterocycles. The van der Waals surface area contributed by atoms with Crippen LogP contribution in [0, 0.1) is 5.92 Å². The molecule has 126 valence electrons. The summed E-state index contributed by atoms with van der Waals surface area (Å²) >= 11 is 0. The fourth-order valence-electron chi connectivity index (χ4n) is 3.83. The second kappa shape index (κ2) is 5.90. The molecule has 7 heteroatoms. The number of furan rings is 1. The lowest BCUT2D eigenvalue weighted by Crippen LogP contribution is -2.47. The third-order valence-corrected chi connectivity index (χ3v) is 4.82. The Morgan fingerprint density at radius 3 is 3.04 bits per heavy atom. The monoisotopic (exact) mass is 328 g/mol. The van der Waals surface area contributed by atoms with Crippen molar-refractivity contribution in [1.82, 2.24) is 15.2 Å². The fourth-order valence-corrected chi connectivity index (χ4v) is 3.83. The van der Waals surface area contributed by atoms with Gasteiger partial charge in [-0.05, 0) is 31.4 Å². The van der Waals surface area contributed by atoms with Crippen LogP contribution in [0.1, 0.15) is 30.3 Å². The number of hydrogen-bond acceptors (Lipinski definition) is 5. The summed E-state index contributed by atoms with van der Waals surface area (Å²) in [5.74, 6) is 0.270. The van der Waals surface area contributed by atoms with Gasteiger partial charge in [-0.1, -0.05) is 0 Å². The molecule has 1 unspecified atom stereocenters. The number of carbonyl (C=O) groups excluding carboxylic acids is 2. The first-order valence-corrected chi connectivity index (χ1v) is 8.27. The van der Waals surface area contributed by atoms with Crippen molar-refractivity contribution in [1.29, 1.82) is 0 Å². The Balaban J connectivity index is 1.56. The maximum Gasteiger partial charge on any atom is 0.274 e. The SMILES string of the molecule is CC(=O)Nc1coc2c(C(=O)N[C@@H]3C[C@H]4CCN(C4)C3)nccc12. The molecule has 0 aromatic carbocycles. The number of nitrogens with zero attached hydrogens (tertiary/aromatic N) is 2. The van der Waals surface area contributed by atoms with Crippen LogP contribution in [0.4, 0.5) is 5.69 Å². The van der Waals surface area contributed by atoms with E-state index < -0.39 is 0 Å². The molecule has 2 aromatic rings. The number of pyridine rings is 1. The molecule has 2 aliphatic heterocycles. The molecular weight excluding hydrogens is 308 g/mol. The van der Waals surface area contributed by atoms with E-state index in [1.807, 2.05) is 0 Å². The Morgan fingerprint density at radius 1 is 1.38 bits per heavy atom. The largest absolute Gasteiger partial charge is 0.460 e. The van der Waals surface area contributed by atoms with Crippen molar-refractivity contribution in [2.75, 3.05) is 25.0 Å². The standard InChI is InChI=1S/C17H20N4O3/c1-10(22)19-14-9-24-16-13(14)2-4-18-15(16)17(23)20-12-6-11-3-5-21(7-11)8-12/h2,4,9,11-12H,3,5-8H2,1H3,(H,19,22)(H,20,23)/t11-,12-/m1/s1. The Morgan fingerprint density at radius 2 is 2.25 bits per heavy atom. The van der Waals surface area contributed by atoms with Crippen molar-refractivity contribution in [2.24, 2.45) is 5.92 Å². The van der Waals surface area contributed by atoms with Gasteiger partial charge in [-0.15, -0.1) is 0 Å². The molecule has 2 aliphatic rings. The zero-order valence-electron chi connectivity index (χ0n) is 13.5. The Hall–Kier alpha value is -2.41. The van der Waals surface area contributed by atoms with E-state index in [0.29, 0.717) is 22.6 Å². The average molecular weight is 328 g/mol. The minimum atomic E-state index is -0.225. The summed E-state index contributed by atoms with van der Waals surface area (Å²) in [5, 5.41) is 6.46. The Kier molecular flexibility index (Phi) is 3.72. The van der Waals surface area contributed by atoms with Crippen LogP contribution in [-0.4, -0.2) is 47.4 Å². The first-order chi connectivity index (χ1) is 11.6.